The quantitative estimate of drug-likeness (QED) is 0.555. The zero-order valence-corrected chi connectivity index (χ0v) is 14.9. The highest BCUT2D eigenvalue weighted by atomic mass is 79.9. The Labute approximate surface area is 148 Å². The maximum absolute atomic E-state index is 12.9. The van der Waals surface area contributed by atoms with E-state index in [2.05, 4.69) is 25.9 Å². The predicted octanol–water partition coefficient (Wildman–Crippen LogP) is 3.35. The Balaban J connectivity index is 2.00. The number of nitrogen functional groups attached to an aromatic ring is 1. The third kappa shape index (κ3) is 2.18. The van der Waals surface area contributed by atoms with Crippen LogP contribution in [-0.2, 0) is 0 Å². The topological polar surface area (TPSA) is 83.0 Å². The number of benzene rings is 1. The van der Waals surface area contributed by atoms with Crippen LogP contribution in [-0.4, -0.2) is 21.6 Å². The number of nitrogens with two attached hydrogens (primary N) is 1. The van der Waals surface area contributed by atoms with Gasteiger partial charge in [-0.1, -0.05) is 0 Å². The van der Waals surface area contributed by atoms with Gasteiger partial charge in [-0.15, -0.1) is 11.3 Å². The van der Waals surface area contributed by atoms with Crippen molar-refractivity contribution < 1.29 is 4.74 Å². The van der Waals surface area contributed by atoms with Crippen molar-refractivity contribution in [3.05, 3.63) is 51.6 Å². The molecular formula is C16H11BrN4O2S. The van der Waals surface area contributed by atoms with Gasteiger partial charge in [-0.3, -0.25) is 9.36 Å². The zero-order chi connectivity index (χ0) is 16.8. The molecule has 4 aromatic rings. The molecule has 3 aromatic heterocycles. The summed E-state index contributed by atoms with van der Waals surface area (Å²) in [6, 6.07) is 7.22. The van der Waals surface area contributed by atoms with E-state index in [9.17, 15) is 4.79 Å². The summed E-state index contributed by atoms with van der Waals surface area (Å²) < 4.78 is 7.86. The first-order chi connectivity index (χ1) is 11.6. The maximum atomic E-state index is 12.9. The van der Waals surface area contributed by atoms with Crippen LogP contribution in [0.4, 0.5) is 5.69 Å². The van der Waals surface area contributed by atoms with Crippen LogP contribution in [0.3, 0.4) is 0 Å². The van der Waals surface area contributed by atoms with Gasteiger partial charge >= 0.3 is 0 Å². The van der Waals surface area contributed by atoms with Crippen molar-refractivity contribution in [1.29, 1.82) is 0 Å². The van der Waals surface area contributed by atoms with Gasteiger partial charge in [-0.2, -0.15) is 0 Å². The van der Waals surface area contributed by atoms with E-state index in [1.807, 2.05) is 12.1 Å². The molecule has 0 bridgehead atoms. The zero-order valence-electron chi connectivity index (χ0n) is 12.5. The number of fused-ring (bicyclic) bond motifs is 3. The minimum absolute atomic E-state index is 0.149. The summed E-state index contributed by atoms with van der Waals surface area (Å²) in [5.74, 6) is 0.726. The first-order valence-corrected chi connectivity index (χ1v) is 8.59. The number of hydrogen-bond acceptors (Lipinski definition) is 6. The highest BCUT2D eigenvalue weighted by molar-refractivity contribution is 9.10. The van der Waals surface area contributed by atoms with Gasteiger partial charge in [0.1, 0.15) is 27.1 Å². The lowest BCUT2D eigenvalue weighted by atomic mass is 10.2. The lowest BCUT2D eigenvalue weighted by molar-refractivity contribution is 0.414. The second-order valence-corrected chi connectivity index (χ2v) is 6.95. The van der Waals surface area contributed by atoms with Crippen molar-refractivity contribution in [3.8, 4) is 11.4 Å². The highest BCUT2D eigenvalue weighted by Gasteiger charge is 2.16. The van der Waals surface area contributed by atoms with E-state index >= 15 is 0 Å². The van der Waals surface area contributed by atoms with Gasteiger partial charge in [0.25, 0.3) is 5.56 Å². The fourth-order valence-corrected chi connectivity index (χ4v) is 3.87. The monoisotopic (exact) mass is 402 g/mol. The smallest absolute Gasteiger partial charge is 0.275 e. The van der Waals surface area contributed by atoms with Gasteiger partial charge in [0.05, 0.1) is 28.3 Å². The fraction of sp³-hybridized carbons (Fsp3) is 0.0625. The first-order valence-electron chi connectivity index (χ1n) is 6.98. The van der Waals surface area contributed by atoms with E-state index in [1.54, 1.807) is 25.4 Å². The van der Waals surface area contributed by atoms with Crippen molar-refractivity contribution in [2.75, 3.05) is 12.8 Å². The van der Waals surface area contributed by atoms with E-state index in [0.29, 0.717) is 30.6 Å². The molecule has 8 heteroatoms. The highest BCUT2D eigenvalue weighted by Crippen LogP contribution is 2.36. The summed E-state index contributed by atoms with van der Waals surface area (Å²) in [5.41, 5.74) is 7.81. The molecule has 0 spiro atoms. The second-order valence-electron chi connectivity index (χ2n) is 5.10. The molecule has 0 aliphatic heterocycles. The van der Waals surface area contributed by atoms with Crippen LogP contribution in [0.25, 0.3) is 26.1 Å². The van der Waals surface area contributed by atoms with E-state index < -0.39 is 0 Å². The minimum atomic E-state index is -0.149. The van der Waals surface area contributed by atoms with Crippen LogP contribution in [0, 0.1) is 0 Å². The molecule has 4 rings (SSSR count). The van der Waals surface area contributed by atoms with Crippen LogP contribution in [0.2, 0.25) is 0 Å². The Morgan fingerprint density at radius 2 is 2.00 bits per heavy atom. The number of thiophene rings is 1. The van der Waals surface area contributed by atoms with Gasteiger partial charge in [-0.05, 0) is 40.2 Å². The molecule has 0 saturated heterocycles. The Morgan fingerprint density at radius 1 is 1.25 bits per heavy atom. The molecule has 0 unspecified atom stereocenters. The van der Waals surface area contributed by atoms with Crippen molar-refractivity contribution in [2.24, 2.45) is 0 Å². The number of methoxy groups -OCH3 is 1. The Morgan fingerprint density at radius 3 is 2.71 bits per heavy atom. The SMILES string of the molecule is COc1ccc(-n2cnc3c(sc4ncc(Br)c(N)c43)c2=O)cc1. The fourth-order valence-electron chi connectivity index (χ4n) is 2.52. The number of aromatic nitrogens is 3. The predicted molar refractivity (Wildman–Crippen MR) is 99.2 cm³/mol. The van der Waals surface area contributed by atoms with Gasteiger partial charge in [0.2, 0.25) is 0 Å². The average molecular weight is 403 g/mol. The number of nitrogens with zero attached hydrogens (tertiary/aromatic N) is 3. The third-order valence-corrected chi connectivity index (χ3v) is 5.46. The number of pyridine rings is 1. The normalized spacial score (nSPS) is 11.2. The molecule has 3 heterocycles. The molecule has 0 saturated carbocycles. The summed E-state index contributed by atoms with van der Waals surface area (Å²) in [6.45, 7) is 0. The molecule has 24 heavy (non-hydrogen) atoms. The molecule has 0 fully saturated rings. The molecule has 0 aliphatic rings. The van der Waals surface area contributed by atoms with Crippen LogP contribution >= 0.6 is 27.3 Å². The molecule has 0 atom stereocenters. The summed E-state index contributed by atoms with van der Waals surface area (Å²) >= 11 is 4.66. The first kappa shape index (κ1) is 15.1. The van der Waals surface area contributed by atoms with Crippen LogP contribution in [0.15, 0.2) is 46.1 Å². The average Bonchev–Trinajstić information content (AvgIpc) is 2.99. The molecular weight excluding hydrogens is 392 g/mol. The summed E-state index contributed by atoms with van der Waals surface area (Å²) in [4.78, 5) is 22.4. The van der Waals surface area contributed by atoms with Crippen molar-refractivity contribution >= 4 is 53.4 Å². The largest absolute Gasteiger partial charge is 0.497 e. The number of rotatable bonds is 2. The van der Waals surface area contributed by atoms with Crippen LogP contribution in [0.1, 0.15) is 0 Å². The molecule has 0 amide bonds. The molecule has 6 nitrogen and oxygen atoms in total. The molecule has 1 aromatic carbocycles. The van der Waals surface area contributed by atoms with Gasteiger partial charge < -0.3 is 10.5 Å². The summed E-state index contributed by atoms with van der Waals surface area (Å²) in [7, 11) is 1.60. The van der Waals surface area contributed by atoms with Crippen molar-refractivity contribution in [3.63, 3.8) is 0 Å². The van der Waals surface area contributed by atoms with Gasteiger partial charge in [-0.25, -0.2) is 9.97 Å². The summed E-state index contributed by atoms with van der Waals surface area (Å²) in [5, 5.41) is 0.711. The molecule has 0 radical (unpaired) electrons. The summed E-state index contributed by atoms with van der Waals surface area (Å²) in [6.07, 6.45) is 3.15. The Bertz CT molecular complexity index is 1130. The number of hydrogen-bond donors (Lipinski definition) is 1. The maximum Gasteiger partial charge on any atom is 0.275 e. The van der Waals surface area contributed by atoms with E-state index in [4.69, 9.17) is 10.5 Å². The van der Waals surface area contributed by atoms with Crippen molar-refractivity contribution in [2.45, 2.75) is 0 Å². The van der Waals surface area contributed by atoms with Crippen molar-refractivity contribution in [1.82, 2.24) is 14.5 Å². The van der Waals surface area contributed by atoms with Gasteiger partial charge in [0.15, 0.2) is 0 Å². The van der Waals surface area contributed by atoms with E-state index in [0.717, 1.165) is 11.4 Å². The lowest BCUT2D eigenvalue weighted by Gasteiger charge is -2.06. The molecule has 0 aliphatic carbocycles. The van der Waals surface area contributed by atoms with E-state index in [1.165, 1.54) is 22.2 Å². The second kappa shape index (κ2) is 5.57. The minimum Gasteiger partial charge on any atom is -0.497 e. The third-order valence-electron chi connectivity index (χ3n) is 3.75. The Hall–Kier alpha value is -2.45. The van der Waals surface area contributed by atoms with Crippen LogP contribution < -0.4 is 16.0 Å². The standard InChI is InChI=1S/C16H11BrN4O2S/c1-23-9-4-2-8(3-5-9)21-7-20-13-11-12(18)10(17)6-19-15(11)24-14(13)16(21)22/h2-7H,1H3,(H2,18,19). The molecule has 2 N–H and O–H groups in total. The molecule has 120 valence electrons. The van der Waals surface area contributed by atoms with Crippen LogP contribution in [0.5, 0.6) is 5.75 Å². The lowest BCUT2D eigenvalue weighted by Crippen LogP contribution is -2.17. The number of anilines is 1. The number of ether oxygens (including phenoxy) is 1. The van der Waals surface area contributed by atoms with E-state index in [-0.39, 0.29) is 5.56 Å². The van der Waals surface area contributed by atoms with Gasteiger partial charge in [0, 0.05) is 6.20 Å². The Kier molecular flexibility index (Phi) is 3.50. The number of halogens is 1.